The fraction of sp³-hybridized carbons (Fsp3) is 0.500. The number of aliphatic hydroxyl groups is 1. The molecular weight excluding hydrogens is 120 g/mol. The number of ether oxygens (including phenoxy) is 1. The second kappa shape index (κ2) is 4.09. The first-order chi connectivity index (χ1) is 4.18. The van der Waals surface area contributed by atoms with Gasteiger partial charge < -0.3 is 9.84 Å². The van der Waals surface area contributed by atoms with E-state index in [4.69, 9.17) is 5.11 Å². The lowest BCUT2D eigenvalue weighted by atomic mass is 10.4. The number of hydrogen-bond donors (Lipinski definition) is 1. The largest absolute Gasteiger partial charge is 0.460 e. The second-order valence-electron chi connectivity index (χ2n) is 1.59. The van der Waals surface area contributed by atoms with Crippen LogP contribution in [0.4, 0.5) is 0 Å². The standard InChI is InChI=1S/C6H10O3/c1-3-4-9-6(8)5(2)7/h3,5,7H,1,4H2,2H3. The van der Waals surface area contributed by atoms with Crippen LogP contribution in [-0.4, -0.2) is 23.8 Å². The Morgan fingerprint density at radius 3 is 2.89 bits per heavy atom. The van der Waals surface area contributed by atoms with Gasteiger partial charge in [-0.1, -0.05) is 12.7 Å². The van der Waals surface area contributed by atoms with Gasteiger partial charge in [0, 0.05) is 0 Å². The third kappa shape index (κ3) is 3.73. The lowest BCUT2D eigenvalue weighted by Crippen LogP contribution is -2.19. The molecule has 0 heterocycles. The average molecular weight is 130 g/mol. The number of esters is 1. The summed E-state index contributed by atoms with van der Waals surface area (Å²) in [6, 6.07) is 0. The zero-order valence-electron chi connectivity index (χ0n) is 5.33. The quantitative estimate of drug-likeness (QED) is 0.435. The Morgan fingerprint density at radius 1 is 2.00 bits per heavy atom. The molecule has 0 bridgehead atoms. The summed E-state index contributed by atoms with van der Waals surface area (Å²) in [5, 5.41) is 8.54. The molecule has 3 nitrogen and oxygen atoms in total. The summed E-state index contributed by atoms with van der Waals surface area (Å²) in [7, 11) is 0. The highest BCUT2D eigenvalue weighted by Crippen LogP contribution is 1.85. The maximum absolute atomic E-state index is 10.4. The van der Waals surface area contributed by atoms with Crippen molar-refractivity contribution in [2.24, 2.45) is 0 Å². The molecule has 0 fully saturated rings. The molecule has 0 aliphatic heterocycles. The van der Waals surface area contributed by atoms with Gasteiger partial charge in [-0.3, -0.25) is 0 Å². The van der Waals surface area contributed by atoms with Gasteiger partial charge in [0.15, 0.2) is 0 Å². The van der Waals surface area contributed by atoms with Crippen LogP contribution in [0.5, 0.6) is 0 Å². The van der Waals surface area contributed by atoms with Crippen LogP contribution >= 0.6 is 0 Å². The summed E-state index contributed by atoms with van der Waals surface area (Å²) in [5.74, 6) is -0.616. The summed E-state index contributed by atoms with van der Waals surface area (Å²) in [5.41, 5.74) is 0. The van der Waals surface area contributed by atoms with Gasteiger partial charge in [0.1, 0.15) is 12.7 Å². The van der Waals surface area contributed by atoms with Crippen LogP contribution in [-0.2, 0) is 9.53 Å². The van der Waals surface area contributed by atoms with Gasteiger partial charge in [-0.05, 0) is 6.92 Å². The topological polar surface area (TPSA) is 46.5 Å². The fourth-order valence-corrected chi connectivity index (χ4v) is 0.262. The van der Waals surface area contributed by atoms with E-state index >= 15 is 0 Å². The fourth-order valence-electron chi connectivity index (χ4n) is 0.262. The molecule has 52 valence electrons. The highest BCUT2D eigenvalue weighted by Gasteiger charge is 2.07. The van der Waals surface area contributed by atoms with Crippen LogP contribution < -0.4 is 0 Å². The number of aliphatic hydroxyl groups excluding tert-OH is 1. The Kier molecular flexibility index (Phi) is 3.71. The van der Waals surface area contributed by atoms with E-state index in [1.165, 1.54) is 13.0 Å². The highest BCUT2D eigenvalue weighted by atomic mass is 16.5. The van der Waals surface area contributed by atoms with Gasteiger partial charge in [-0.15, -0.1) is 0 Å². The van der Waals surface area contributed by atoms with E-state index in [1.807, 2.05) is 0 Å². The van der Waals surface area contributed by atoms with Crippen molar-refractivity contribution in [3.8, 4) is 0 Å². The number of hydrogen-bond acceptors (Lipinski definition) is 3. The molecular formula is C6H10O3. The maximum atomic E-state index is 10.4. The Labute approximate surface area is 53.9 Å². The van der Waals surface area contributed by atoms with Crippen molar-refractivity contribution in [2.45, 2.75) is 13.0 Å². The van der Waals surface area contributed by atoms with Gasteiger partial charge >= 0.3 is 5.97 Å². The number of carbonyl (C=O) groups excluding carboxylic acids is 1. The Hall–Kier alpha value is -0.830. The molecule has 1 unspecified atom stereocenters. The molecule has 1 N–H and O–H groups in total. The molecule has 0 aromatic heterocycles. The van der Waals surface area contributed by atoms with Crippen LogP contribution in [0, 0.1) is 0 Å². The number of rotatable bonds is 3. The minimum absolute atomic E-state index is 0.156. The predicted molar refractivity (Wildman–Crippen MR) is 32.8 cm³/mol. The van der Waals surface area contributed by atoms with E-state index in [9.17, 15) is 4.79 Å². The molecule has 3 heteroatoms. The normalized spacial score (nSPS) is 12.2. The van der Waals surface area contributed by atoms with Crippen molar-refractivity contribution in [1.82, 2.24) is 0 Å². The highest BCUT2D eigenvalue weighted by molar-refractivity contribution is 5.73. The molecule has 0 radical (unpaired) electrons. The van der Waals surface area contributed by atoms with Crippen molar-refractivity contribution >= 4 is 5.97 Å². The van der Waals surface area contributed by atoms with Crippen molar-refractivity contribution in [1.29, 1.82) is 0 Å². The van der Waals surface area contributed by atoms with E-state index in [0.29, 0.717) is 0 Å². The van der Waals surface area contributed by atoms with Crippen LogP contribution in [0.15, 0.2) is 12.7 Å². The summed E-state index contributed by atoms with van der Waals surface area (Å²) in [4.78, 5) is 10.4. The third-order valence-corrected chi connectivity index (χ3v) is 0.685. The summed E-state index contributed by atoms with van der Waals surface area (Å²) < 4.78 is 4.45. The smallest absolute Gasteiger partial charge is 0.334 e. The lowest BCUT2D eigenvalue weighted by molar-refractivity contribution is -0.151. The first-order valence-corrected chi connectivity index (χ1v) is 2.64. The zero-order chi connectivity index (χ0) is 7.28. The van der Waals surface area contributed by atoms with E-state index in [0.717, 1.165) is 0 Å². The summed E-state index contributed by atoms with van der Waals surface area (Å²) in [6.45, 7) is 4.84. The molecule has 0 aliphatic carbocycles. The van der Waals surface area contributed by atoms with Crippen LogP contribution in [0.25, 0.3) is 0 Å². The monoisotopic (exact) mass is 130 g/mol. The van der Waals surface area contributed by atoms with E-state index in [-0.39, 0.29) is 6.61 Å². The average Bonchev–Trinajstić information content (AvgIpc) is 1.82. The molecule has 1 atom stereocenters. The molecule has 0 aromatic rings. The van der Waals surface area contributed by atoms with Gasteiger partial charge in [0.2, 0.25) is 0 Å². The van der Waals surface area contributed by atoms with Gasteiger partial charge in [-0.2, -0.15) is 0 Å². The van der Waals surface area contributed by atoms with Crippen LogP contribution in [0.2, 0.25) is 0 Å². The molecule has 0 aliphatic rings. The van der Waals surface area contributed by atoms with E-state index < -0.39 is 12.1 Å². The van der Waals surface area contributed by atoms with Crippen molar-refractivity contribution in [3.05, 3.63) is 12.7 Å². The Morgan fingerprint density at radius 2 is 2.56 bits per heavy atom. The van der Waals surface area contributed by atoms with Crippen molar-refractivity contribution < 1.29 is 14.6 Å². The molecule has 0 saturated heterocycles. The van der Waals surface area contributed by atoms with Crippen molar-refractivity contribution in [2.75, 3.05) is 6.61 Å². The van der Waals surface area contributed by atoms with Crippen molar-refractivity contribution in [3.63, 3.8) is 0 Å². The maximum Gasteiger partial charge on any atom is 0.334 e. The molecule has 0 saturated carbocycles. The summed E-state index contributed by atoms with van der Waals surface area (Å²) >= 11 is 0. The first-order valence-electron chi connectivity index (χ1n) is 2.64. The molecule has 0 rings (SSSR count). The SMILES string of the molecule is C=CCOC(=O)C(C)O. The van der Waals surface area contributed by atoms with Gasteiger partial charge in [0.25, 0.3) is 0 Å². The molecule has 0 spiro atoms. The minimum Gasteiger partial charge on any atom is -0.460 e. The molecule has 0 aromatic carbocycles. The van der Waals surface area contributed by atoms with Crippen LogP contribution in [0.1, 0.15) is 6.92 Å². The van der Waals surface area contributed by atoms with E-state index in [2.05, 4.69) is 11.3 Å². The third-order valence-electron chi connectivity index (χ3n) is 0.685. The van der Waals surface area contributed by atoms with Gasteiger partial charge in [0.05, 0.1) is 0 Å². The lowest BCUT2D eigenvalue weighted by Gasteiger charge is -2.01. The Bertz CT molecular complexity index is 107. The molecule has 0 amide bonds. The zero-order valence-corrected chi connectivity index (χ0v) is 5.33. The number of carbonyl (C=O) groups is 1. The van der Waals surface area contributed by atoms with E-state index in [1.54, 1.807) is 0 Å². The minimum atomic E-state index is -1.04. The van der Waals surface area contributed by atoms with Crippen LogP contribution in [0.3, 0.4) is 0 Å². The first kappa shape index (κ1) is 8.17. The predicted octanol–water partition coefficient (Wildman–Crippen LogP) is 0.0964. The van der Waals surface area contributed by atoms with Gasteiger partial charge in [-0.25, -0.2) is 4.79 Å². The summed E-state index contributed by atoms with van der Waals surface area (Å²) in [6.07, 6.45) is 0.408. The molecule has 9 heavy (non-hydrogen) atoms. The Balaban J connectivity index is 3.38. The second-order valence-corrected chi connectivity index (χ2v) is 1.59.